The fourth-order valence-corrected chi connectivity index (χ4v) is 2.57. The fourth-order valence-electron chi connectivity index (χ4n) is 2.57. The van der Waals surface area contributed by atoms with E-state index in [1.807, 2.05) is 30.3 Å². The van der Waals surface area contributed by atoms with Crippen molar-refractivity contribution in [3.05, 3.63) is 30.3 Å². The molecule has 1 aromatic rings. The molecular weight excluding hydrogens is 242 g/mol. The standard InChI is InChI=1S/C15H24NO3/c1-2-16(8-10-18-11-9-16)12-14(17)13-19-15-6-4-3-5-7-15/h3-7,14,17H,2,8-13H2,1H3/q+1. The normalized spacial score (nSPS) is 19.9. The minimum absolute atomic E-state index is 0.352. The van der Waals surface area contributed by atoms with E-state index < -0.39 is 6.10 Å². The number of ether oxygens (including phenoxy) is 2. The lowest BCUT2D eigenvalue weighted by molar-refractivity contribution is -0.936. The molecular formula is C15H24NO3+. The van der Waals surface area contributed by atoms with Gasteiger partial charge in [0, 0.05) is 0 Å². The predicted molar refractivity (Wildman–Crippen MR) is 74.2 cm³/mol. The summed E-state index contributed by atoms with van der Waals surface area (Å²) in [4.78, 5) is 0. The Bertz CT molecular complexity index is 363. The lowest BCUT2D eigenvalue weighted by Crippen LogP contribution is -2.58. The summed E-state index contributed by atoms with van der Waals surface area (Å²) in [6.07, 6.45) is -0.432. The van der Waals surface area contributed by atoms with Gasteiger partial charge < -0.3 is 19.1 Å². The molecule has 106 valence electrons. The van der Waals surface area contributed by atoms with Crippen LogP contribution in [0.15, 0.2) is 30.3 Å². The fraction of sp³-hybridized carbons (Fsp3) is 0.600. The summed E-state index contributed by atoms with van der Waals surface area (Å²) >= 11 is 0. The summed E-state index contributed by atoms with van der Waals surface area (Å²) in [7, 11) is 0. The lowest BCUT2D eigenvalue weighted by Gasteiger charge is -2.41. The quantitative estimate of drug-likeness (QED) is 0.789. The van der Waals surface area contributed by atoms with Gasteiger partial charge >= 0.3 is 0 Å². The molecule has 1 aliphatic heterocycles. The Morgan fingerprint density at radius 1 is 1.26 bits per heavy atom. The molecule has 0 amide bonds. The molecule has 1 heterocycles. The van der Waals surface area contributed by atoms with Gasteiger partial charge in [-0.05, 0) is 19.1 Å². The Morgan fingerprint density at radius 3 is 2.58 bits per heavy atom. The summed E-state index contributed by atoms with van der Waals surface area (Å²) < 4.78 is 11.9. The van der Waals surface area contributed by atoms with Crippen LogP contribution in [0.4, 0.5) is 0 Å². The molecule has 0 spiro atoms. The first-order chi connectivity index (χ1) is 9.24. The maximum atomic E-state index is 10.2. The Balaban J connectivity index is 1.81. The zero-order valence-electron chi connectivity index (χ0n) is 11.6. The summed E-state index contributed by atoms with van der Waals surface area (Å²) in [6.45, 7) is 7.86. The van der Waals surface area contributed by atoms with Crippen LogP contribution in [0.3, 0.4) is 0 Å². The summed E-state index contributed by atoms with van der Waals surface area (Å²) in [5.41, 5.74) is 0. The molecule has 0 bridgehead atoms. The molecule has 1 aromatic carbocycles. The highest BCUT2D eigenvalue weighted by Crippen LogP contribution is 2.14. The topological polar surface area (TPSA) is 38.7 Å². The number of aliphatic hydroxyl groups excluding tert-OH is 1. The molecule has 1 aliphatic rings. The maximum Gasteiger partial charge on any atom is 0.137 e. The highest BCUT2D eigenvalue weighted by Gasteiger charge is 2.31. The molecule has 2 rings (SSSR count). The van der Waals surface area contributed by atoms with E-state index in [0.29, 0.717) is 6.61 Å². The lowest BCUT2D eigenvalue weighted by atomic mass is 10.2. The number of aliphatic hydroxyl groups is 1. The number of morpholine rings is 1. The van der Waals surface area contributed by atoms with Crippen molar-refractivity contribution in [1.82, 2.24) is 0 Å². The minimum atomic E-state index is -0.432. The number of hydrogen-bond donors (Lipinski definition) is 1. The van der Waals surface area contributed by atoms with E-state index in [1.165, 1.54) is 0 Å². The van der Waals surface area contributed by atoms with Crippen molar-refractivity contribution in [2.24, 2.45) is 0 Å². The van der Waals surface area contributed by atoms with Gasteiger partial charge in [-0.2, -0.15) is 0 Å². The number of nitrogens with zero attached hydrogens (tertiary/aromatic N) is 1. The smallest absolute Gasteiger partial charge is 0.137 e. The molecule has 0 aromatic heterocycles. The second-order valence-electron chi connectivity index (χ2n) is 5.18. The van der Waals surface area contributed by atoms with Crippen molar-refractivity contribution in [3.8, 4) is 5.75 Å². The van der Waals surface area contributed by atoms with Gasteiger partial charge in [-0.25, -0.2) is 0 Å². The van der Waals surface area contributed by atoms with E-state index in [4.69, 9.17) is 9.47 Å². The molecule has 4 heteroatoms. The average molecular weight is 266 g/mol. The van der Waals surface area contributed by atoms with Gasteiger partial charge in [0.2, 0.25) is 0 Å². The van der Waals surface area contributed by atoms with Crippen LogP contribution in [0, 0.1) is 0 Å². The van der Waals surface area contributed by atoms with Gasteiger partial charge in [0.1, 0.15) is 38.1 Å². The van der Waals surface area contributed by atoms with Crippen LogP contribution in [0.5, 0.6) is 5.75 Å². The third-order valence-electron chi connectivity index (χ3n) is 3.87. The van der Waals surface area contributed by atoms with Crippen molar-refractivity contribution in [1.29, 1.82) is 0 Å². The highest BCUT2D eigenvalue weighted by atomic mass is 16.5. The van der Waals surface area contributed by atoms with E-state index in [9.17, 15) is 5.11 Å². The third kappa shape index (κ3) is 4.20. The Labute approximate surface area is 115 Å². The van der Waals surface area contributed by atoms with Crippen molar-refractivity contribution in [2.45, 2.75) is 13.0 Å². The van der Waals surface area contributed by atoms with Crippen molar-refractivity contribution in [3.63, 3.8) is 0 Å². The summed E-state index contributed by atoms with van der Waals surface area (Å²) in [5.74, 6) is 0.812. The van der Waals surface area contributed by atoms with Crippen molar-refractivity contribution < 1.29 is 19.1 Å². The first kappa shape index (κ1) is 14.3. The molecule has 1 unspecified atom stereocenters. The number of rotatable bonds is 6. The zero-order chi connectivity index (χ0) is 13.6. The largest absolute Gasteiger partial charge is 0.491 e. The molecule has 1 saturated heterocycles. The van der Waals surface area contributed by atoms with E-state index >= 15 is 0 Å². The molecule has 0 radical (unpaired) electrons. The molecule has 19 heavy (non-hydrogen) atoms. The van der Waals surface area contributed by atoms with Gasteiger partial charge in [-0.1, -0.05) is 18.2 Å². The monoisotopic (exact) mass is 266 g/mol. The van der Waals surface area contributed by atoms with Gasteiger partial charge in [0.15, 0.2) is 0 Å². The maximum absolute atomic E-state index is 10.2. The predicted octanol–water partition coefficient (Wildman–Crippen LogP) is 1.29. The Morgan fingerprint density at radius 2 is 1.95 bits per heavy atom. The Kier molecular flexibility index (Phi) is 5.19. The van der Waals surface area contributed by atoms with E-state index in [1.54, 1.807) is 0 Å². The third-order valence-corrected chi connectivity index (χ3v) is 3.87. The molecule has 1 atom stereocenters. The van der Waals surface area contributed by atoms with Gasteiger partial charge in [0.25, 0.3) is 0 Å². The molecule has 0 aliphatic carbocycles. The number of hydrogen-bond acceptors (Lipinski definition) is 3. The van der Waals surface area contributed by atoms with Crippen LogP contribution in [0.25, 0.3) is 0 Å². The number of para-hydroxylation sites is 1. The highest BCUT2D eigenvalue weighted by molar-refractivity contribution is 5.20. The number of benzene rings is 1. The summed E-state index contributed by atoms with van der Waals surface area (Å²) in [5, 5.41) is 10.2. The van der Waals surface area contributed by atoms with E-state index in [2.05, 4.69) is 6.92 Å². The van der Waals surface area contributed by atoms with Crippen LogP contribution in [-0.4, -0.2) is 61.7 Å². The average Bonchev–Trinajstić information content (AvgIpc) is 2.47. The zero-order valence-corrected chi connectivity index (χ0v) is 11.6. The van der Waals surface area contributed by atoms with Crippen molar-refractivity contribution in [2.75, 3.05) is 46.0 Å². The van der Waals surface area contributed by atoms with Gasteiger partial charge in [-0.3, -0.25) is 0 Å². The molecule has 4 nitrogen and oxygen atoms in total. The first-order valence-electron chi connectivity index (χ1n) is 7.03. The second-order valence-corrected chi connectivity index (χ2v) is 5.18. The molecule has 0 saturated carbocycles. The van der Waals surface area contributed by atoms with Gasteiger partial charge in [-0.15, -0.1) is 0 Å². The van der Waals surface area contributed by atoms with E-state index in [-0.39, 0.29) is 0 Å². The van der Waals surface area contributed by atoms with Crippen LogP contribution in [0.1, 0.15) is 6.92 Å². The van der Waals surface area contributed by atoms with Crippen LogP contribution in [-0.2, 0) is 4.74 Å². The first-order valence-corrected chi connectivity index (χ1v) is 7.03. The van der Waals surface area contributed by atoms with E-state index in [0.717, 1.165) is 49.6 Å². The summed E-state index contributed by atoms with van der Waals surface area (Å²) in [6, 6.07) is 9.64. The van der Waals surface area contributed by atoms with Crippen molar-refractivity contribution >= 4 is 0 Å². The molecule has 1 N–H and O–H groups in total. The second kappa shape index (κ2) is 6.89. The number of quaternary nitrogens is 1. The SMILES string of the molecule is CC[N+]1(CC(O)COc2ccccc2)CCOCC1. The van der Waals surface area contributed by atoms with Gasteiger partial charge in [0.05, 0.1) is 19.8 Å². The Hall–Kier alpha value is -1.10. The van der Waals surface area contributed by atoms with Crippen LogP contribution in [0.2, 0.25) is 0 Å². The molecule has 1 fully saturated rings. The number of likely N-dealkylation sites (N-methyl/N-ethyl adjacent to an activating group) is 1. The van der Waals surface area contributed by atoms with Crippen LogP contribution < -0.4 is 4.74 Å². The van der Waals surface area contributed by atoms with Crippen LogP contribution >= 0.6 is 0 Å². The minimum Gasteiger partial charge on any atom is -0.491 e.